The van der Waals surface area contributed by atoms with Crippen molar-refractivity contribution in [3.05, 3.63) is 15.3 Å². The summed E-state index contributed by atoms with van der Waals surface area (Å²) in [5.74, 6) is 0.339. The molecule has 1 aromatic rings. The second kappa shape index (κ2) is 2.92. The van der Waals surface area contributed by atoms with E-state index < -0.39 is 0 Å². The third-order valence-electron chi connectivity index (χ3n) is 1.14. The summed E-state index contributed by atoms with van der Waals surface area (Å²) in [6.07, 6.45) is 0. The van der Waals surface area contributed by atoms with Crippen LogP contribution in [0.2, 0.25) is 0 Å². The molecule has 0 radical (unpaired) electrons. The average molecular weight is 260 g/mol. The smallest absolute Gasteiger partial charge is 0.126 e. The number of nitrogens with zero attached hydrogens (tertiary/aromatic N) is 2. The topological polar surface area (TPSA) is 88.7 Å². The zero-order valence-electron chi connectivity index (χ0n) is 5.50. The molecule has 0 spiro atoms. The van der Waals surface area contributed by atoms with Gasteiger partial charge in [-0.1, -0.05) is 0 Å². The van der Waals surface area contributed by atoms with E-state index in [1.54, 1.807) is 0 Å². The Bertz CT molecular complexity index is 305. The number of nitrogens with two attached hydrogens (primary N) is 2. The van der Waals surface area contributed by atoms with Crippen molar-refractivity contribution in [3.8, 4) is 6.07 Å². The first-order valence-corrected chi connectivity index (χ1v) is 3.84. The number of rotatable bonds is 0. The van der Waals surface area contributed by atoms with Crippen LogP contribution in [0.5, 0.6) is 0 Å². The van der Waals surface area contributed by atoms with Gasteiger partial charge in [0.25, 0.3) is 0 Å². The number of halogens is 1. The van der Waals surface area contributed by atoms with Crippen LogP contribution in [0.1, 0.15) is 5.56 Å². The fourth-order valence-corrected chi connectivity index (χ4v) is 1.37. The standard InChI is InChI=1S/C6H5IN4/c7-6-3(2-8)4(9)1-5(10)11-6/h1H,(H4,9,10,11). The predicted molar refractivity (Wildman–Crippen MR) is 50.5 cm³/mol. The fraction of sp³-hybridized carbons (Fsp3) is 0. The summed E-state index contributed by atoms with van der Waals surface area (Å²) in [6, 6.07) is 3.41. The van der Waals surface area contributed by atoms with Crippen LogP contribution in [0.4, 0.5) is 11.5 Å². The van der Waals surface area contributed by atoms with Crippen molar-refractivity contribution in [3.63, 3.8) is 0 Å². The van der Waals surface area contributed by atoms with Gasteiger partial charge in [-0.25, -0.2) is 4.98 Å². The monoisotopic (exact) mass is 260 g/mol. The van der Waals surface area contributed by atoms with Gasteiger partial charge >= 0.3 is 0 Å². The summed E-state index contributed by atoms with van der Waals surface area (Å²) in [5, 5.41) is 8.57. The van der Waals surface area contributed by atoms with Gasteiger partial charge in [0.1, 0.15) is 21.2 Å². The minimum Gasteiger partial charge on any atom is -0.397 e. The number of hydrogen-bond acceptors (Lipinski definition) is 4. The van der Waals surface area contributed by atoms with Crippen LogP contribution in [0.15, 0.2) is 6.07 Å². The van der Waals surface area contributed by atoms with Gasteiger partial charge in [0.2, 0.25) is 0 Å². The second-order valence-electron chi connectivity index (χ2n) is 1.91. The van der Waals surface area contributed by atoms with Crippen LogP contribution in [-0.4, -0.2) is 4.98 Å². The Morgan fingerprint density at radius 2 is 2.18 bits per heavy atom. The summed E-state index contributed by atoms with van der Waals surface area (Å²) in [4.78, 5) is 3.87. The van der Waals surface area contributed by atoms with Crippen molar-refractivity contribution >= 4 is 34.1 Å². The first-order chi connectivity index (χ1) is 5.15. The lowest BCUT2D eigenvalue weighted by atomic mass is 10.2. The normalized spacial score (nSPS) is 9.09. The molecule has 1 heterocycles. The van der Waals surface area contributed by atoms with E-state index in [1.165, 1.54) is 6.07 Å². The average Bonchev–Trinajstić information content (AvgIpc) is 1.85. The first-order valence-electron chi connectivity index (χ1n) is 2.76. The molecule has 0 atom stereocenters. The maximum Gasteiger partial charge on any atom is 0.126 e. The Morgan fingerprint density at radius 1 is 1.55 bits per heavy atom. The van der Waals surface area contributed by atoms with Gasteiger partial charge in [0.05, 0.1) is 5.69 Å². The molecule has 11 heavy (non-hydrogen) atoms. The number of hydrogen-bond donors (Lipinski definition) is 2. The van der Waals surface area contributed by atoms with Crippen molar-refractivity contribution < 1.29 is 0 Å². The van der Waals surface area contributed by atoms with Crippen molar-refractivity contribution in [1.29, 1.82) is 5.26 Å². The highest BCUT2D eigenvalue weighted by atomic mass is 127. The molecule has 0 bridgehead atoms. The van der Waals surface area contributed by atoms with Crippen molar-refractivity contribution in [2.45, 2.75) is 0 Å². The Balaban J connectivity index is 3.40. The number of pyridine rings is 1. The van der Waals surface area contributed by atoms with E-state index in [9.17, 15) is 0 Å². The summed E-state index contributed by atoms with van der Waals surface area (Å²) in [6.45, 7) is 0. The van der Waals surface area contributed by atoms with Gasteiger partial charge in [0, 0.05) is 6.07 Å². The van der Waals surface area contributed by atoms with E-state index in [0.717, 1.165) is 0 Å². The van der Waals surface area contributed by atoms with E-state index in [1.807, 2.05) is 28.7 Å². The molecular formula is C6H5IN4. The Labute approximate surface area is 77.4 Å². The highest BCUT2D eigenvalue weighted by Gasteiger charge is 2.05. The molecule has 0 unspecified atom stereocenters. The maximum atomic E-state index is 8.57. The Kier molecular flexibility index (Phi) is 2.14. The zero-order chi connectivity index (χ0) is 8.43. The van der Waals surface area contributed by atoms with Crippen LogP contribution in [0.3, 0.4) is 0 Å². The zero-order valence-corrected chi connectivity index (χ0v) is 7.66. The number of nitriles is 1. The molecule has 0 saturated carbocycles. The molecule has 4 nitrogen and oxygen atoms in total. The van der Waals surface area contributed by atoms with E-state index in [4.69, 9.17) is 16.7 Å². The largest absolute Gasteiger partial charge is 0.397 e. The molecular weight excluding hydrogens is 255 g/mol. The molecule has 0 saturated heterocycles. The molecule has 5 heteroatoms. The predicted octanol–water partition coefficient (Wildman–Crippen LogP) is 0.722. The van der Waals surface area contributed by atoms with Crippen LogP contribution < -0.4 is 11.5 Å². The van der Waals surface area contributed by atoms with Gasteiger partial charge in [-0.05, 0) is 22.6 Å². The summed E-state index contributed by atoms with van der Waals surface area (Å²) >= 11 is 1.92. The van der Waals surface area contributed by atoms with E-state index in [-0.39, 0.29) is 0 Å². The van der Waals surface area contributed by atoms with Crippen LogP contribution >= 0.6 is 22.6 Å². The number of anilines is 2. The summed E-state index contributed by atoms with van der Waals surface area (Å²) < 4.78 is 0.544. The quantitative estimate of drug-likeness (QED) is 0.531. The van der Waals surface area contributed by atoms with Crippen molar-refractivity contribution in [2.75, 3.05) is 11.5 Å². The molecule has 0 aliphatic carbocycles. The second-order valence-corrected chi connectivity index (χ2v) is 2.94. The number of nitrogen functional groups attached to an aromatic ring is 2. The van der Waals surface area contributed by atoms with Crippen molar-refractivity contribution in [1.82, 2.24) is 4.98 Å². The SMILES string of the molecule is N#Cc1c(N)cc(N)nc1I. The highest BCUT2D eigenvalue weighted by molar-refractivity contribution is 14.1. The molecule has 1 aromatic heterocycles. The van der Waals surface area contributed by atoms with E-state index >= 15 is 0 Å². The lowest BCUT2D eigenvalue weighted by molar-refractivity contribution is 1.26. The van der Waals surface area contributed by atoms with E-state index in [0.29, 0.717) is 20.8 Å². The molecule has 1 rings (SSSR count). The van der Waals surface area contributed by atoms with Crippen molar-refractivity contribution in [2.24, 2.45) is 0 Å². The third-order valence-corrected chi connectivity index (χ3v) is 1.92. The van der Waals surface area contributed by atoms with Gasteiger partial charge < -0.3 is 11.5 Å². The Hall–Kier alpha value is -1.03. The highest BCUT2D eigenvalue weighted by Crippen LogP contribution is 2.18. The molecule has 56 valence electrons. The molecule has 0 aliphatic heterocycles. The molecule has 0 amide bonds. The molecule has 0 fully saturated rings. The lowest BCUT2D eigenvalue weighted by Crippen LogP contribution is -2.00. The summed E-state index contributed by atoms with van der Waals surface area (Å²) in [7, 11) is 0. The molecule has 4 N–H and O–H groups in total. The van der Waals surface area contributed by atoms with Gasteiger partial charge in [-0.15, -0.1) is 0 Å². The molecule has 0 aromatic carbocycles. The van der Waals surface area contributed by atoms with Crippen LogP contribution in [0.25, 0.3) is 0 Å². The van der Waals surface area contributed by atoms with Crippen LogP contribution in [0, 0.1) is 15.0 Å². The van der Waals surface area contributed by atoms with Gasteiger partial charge in [-0.3, -0.25) is 0 Å². The maximum absolute atomic E-state index is 8.57. The minimum atomic E-state index is 0.339. The van der Waals surface area contributed by atoms with Gasteiger partial charge in [0.15, 0.2) is 0 Å². The fourth-order valence-electron chi connectivity index (χ4n) is 0.663. The van der Waals surface area contributed by atoms with Gasteiger partial charge in [-0.2, -0.15) is 5.26 Å². The lowest BCUT2D eigenvalue weighted by Gasteiger charge is -1.99. The number of aromatic nitrogens is 1. The molecule has 0 aliphatic rings. The van der Waals surface area contributed by atoms with Crippen LogP contribution in [-0.2, 0) is 0 Å². The summed E-state index contributed by atoms with van der Waals surface area (Å²) in [5.41, 5.74) is 11.6. The third kappa shape index (κ3) is 1.51. The minimum absolute atomic E-state index is 0.339. The van der Waals surface area contributed by atoms with E-state index in [2.05, 4.69) is 4.98 Å². The first kappa shape index (κ1) is 8.07. The Morgan fingerprint density at radius 3 is 2.64 bits per heavy atom.